The molecule has 0 unspecified atom stereocenters. The third-order valence-electron chi connectivity index (χ3n) is 1.66. The molecule has 0 aliphatic heterocycles. The van der Waals surface area contributed by atoms with Crippen molar-refractivity contribution in [3.63, 3.8) is 0 Å². The Bertz CT molecular complexity index is 336. The summed E-state index contributed by atoms with van der Waals surface area (Å²) in [5.41, 5.74) is 0. The molecule has 0 atom stereocenters. The van der Waals surface area contributed by atoms with Crippen LogP contribution in [0.5, 0.6) is 5.75 Å². The van der Waals surface area contributed by atoms with Gasteiger partial charge >= 0.3 is 0 Å². The van der Waals surface area contributed by atoms with Crippen LogP contribution in [0.4, 0.5) is 0 Å². The van der Waals surface area contributed by atoms with E-state index in [9.17, 15) is 0 Å². The molecule has 2 aromatic rings. The Balaban J connectivity index is 1.96. The number of nitrogens with zero attached hydrogens (tertiary/aromatic N) is 2. The van der Waals surface area contributed by atoms with Crippen LogP contribution in [-0.4, -0.2) is 9.97 Å². The molecule has 1 heterocycles. The fourth-order valence-electron chi connectivity index (χ4n) is 1.01. The summed E-state index contributed by atoms with van der Waals surface area (Å²) < 4.78 is 5.41. The second-order valence-corrected chi connectivity index (χ2v) is 2.68. The lowest BCUT2D eigenvalue weighted by Crippen LogP contribution is -1.99. The maximum absolute atomic E-state index is 5.41. The quantitative estimate of drug-likeness (QED) is 0.732. The maximum atomic E-state index is 5.41. The molecule has 69 valence electrons. The molecule has 1 aromatic carbocycles. The fraction of sp³-hybridized carbons (Fsp3) is 0.0909. The highest BCUT2D eigenvalue weighted by Gasteiger charge is 1.95. The van der Waals surface area contributed by atoms with Crippen LogP contribution >= 0.6 is 0 Å². The third-order valence-corrected chi connectivity index (χ3v) is 1.66. The number of hydrogen-bond acceptors (Lipinski definition) is 3. The van der Waals surface area contributed by atoms with Crippen LogP contribution in [0.2, 0.25) is 0 Å². The van der Waals surface area contributed by atoms with Crippen LogP contribution in [0.1, 0.15) is 5.82 Å². The van der Waals surface area contributed by atoms with Crippen molar-refractivity contribution in [2.75, 3.05) is 0 Å². The first-order valence-electron chi connectivity index (χ1n) is 4.30. The van der Waals surface area contributed by atoms with Gasteiger partial charge in [-0.2, -0.15) is 0 Å². The van der Waals surface area contributed by atoms with E-state index in [1.54, 1.807) is 24.5 Å². The van der Waals surface area contributed by atoms with Crippen LogP contribution in [0.15, 0.2) is 42.7 Å². The lowest BCUT2D eigenvalue weighted by molar-refractivity contribution is 0.295. The van der Waals surface area contributed by atoms with E-state index < -0.39 is 0 Å². The van der Waals surface area contributed by atoms with E-state index >= 15 is 0 Å². The maximum Gasteiger partial charge on any atom is 0.166 e. The van der Waals surface area contributed by atoms with Crippen molar-refractivity contribution in [3.05, 3.63) is 54.6 Å². The number of rotatable bonds is 3. The van der Waals surface area contributed by atoms with Gasteiger partial charge < -0.3 is 4.74 Å². The van der Waals surface area contributed by atoms with Gasteiger partial charge in [0.15, 0.2) is 5.82 Å². The third kappa shape index (κ3) is 2.29. The van der Waals surface area contributed by atoms with Crippen LogP contribution in [-0.2, 0) is 6.61 Å². The van der Waals surface area contributed by atoms with E-state index in [2.05, 4.69) is 16.0 Å². The van der Waals surface area contributed by atoms with Gasteiger partial charge in [-0.3, -0.25) is 0 Å². The van der Waals surface area contributed by atoms with Crippen molar-refractivity contribution < 1.29 is 4.74 Å². The minimum Gasteiger partial charge on any atom is -0.485 e. The molecule has 0 aliphatic rings. The van der Waals surface area contributed by atoms with E-state index in [1.807, 2.05) is 18.2 Å². The molecule has 2 rings (SSSR count). The van der Waals surface area contributed by atoms with Crippen LogP contribution < -0.4 is 4.74 Å². The largest absolute Gasteiger partial charge is 0.485 e. The molecule has 1 radical (unpaired) electrons. The molecule has 0 N–H and O–H groups in total. The van der Waals surface area contributed by atoms with E-state index in [4.69, 9.17) is 4.74 Å². The lowest BCUT2D eigenvalue weighted by Gasteiger charge is -2.03. The molecule has 0 saturated heterocycles. The minimum atomic E-state index is 0.376. The smallest absolute Gasteiger partial charge is 0.166 e. The monoisotopic (exact) mass is 185 g/mol. The van der Waals surface area contributed by atoms with E-state index in [0.29, 0.717) is 18.2 Å². The first kappa shape index (κ1) is 8.69. The predicted octanol–water partition coefficient (Wildman–Crippen LogP) is 1.86. The van der Waals surface area contributed by atoms with Crippen molar-refractivity contribution in [1.82, 2.24) is 9.97 Å². The summed E-state index contributed by atoms with van der Waals surface area (Å²) >= 11 is 0. The fourth-order valence-corrected chi connectivity index (χ4v) is 1.01. The van der Waals surface area contributed by atoms with Gasteiger partial charge in [0.2, 0.25) is 0 Å². The number of para-hydroxylation sites is 1. The van der Waals surface area contributed by atoms with E-state index in [-0.39, 0.29) is 0 Å². The van der Waals surface area contributed by atoms with Gasteiger partial charge in [0, 0.05) is 18.5 Å². The summed E-state index contributed by atoms with van der Waals surface area (Å²) in [6.45, 7) is 0.376. The summed E-state index contributed by atoms with van der Waals surface area (Å²) in [6, 6.07) is 12.2. The predicted molar refractivity (Wildman–Crippen MR) is 51.6 cm³/mol. The minimum absolute atomic E-state index is 0.376. The first-order chi connectivity index (χ1) is 6.95. The zero-order valence-electron chi connectivity index (χ0n) is 7.55. The number of hydrogen-bond donors (Lipinski definition) is 0. The topological polar surface area (TPSA) is 35.0 Å². The molecule has 0 aliphatic carbocycles. The van der Waals surface area contributed by atoms with Gasteiger partial charge in [-0.25, -0.2) is 9.97 Å². The van der Waals surface area contributed by atoms with E-state index in [1.165, 1.54) is 0 Å². The van der Waals surface area contributed by atoms with Gasteiger partial charge in [-0.1, -0.05) is 18.2 Å². The molecule has 3 nitrogen and oxygen atoms in total. The zero-order valence-corrected chi connectivity index (χ0v) is 7.55. The van der Waals surface area contributed by atoms with Crippen molar-refractivity contribution >= 4 is 0 Å². The summed E-state index contributed by atoms with van der Waals surface area (Å²) in [4.78, 5) is 8.09. The lowest BCUT2D eigenvalue weighted by atomic mass is 10.3. The number of benzene rings is 1. The summed E-state index contributed by atoms with van der Waals surface area (Å²) in [5, 5.41) is 0. The van der Waals surface area contributed by atoms with Gasteiger partial charge in [0.05, 0.1) is 0 Å². The molecule has 0 fully saturated rings. The molecular weight excluding hydrogens is 176 g/mol. The second kappa shape index (κ2) is 4.37. The van der Waals surface area contributed by atoms with Gasteiger partial charge in [-0.05, 0) is 12.1 Å². The molecule has 0 amide bonds. The average molecular weight is 185 g/mol. The Morgan fingerprint density at radius 2 is 2.00 bits per heavy atom. The Kier molecular flexibility index (Phi) is 2.71. The summed E-state index contributed by atoms with van der Waals surface area (Å²) in [5.74, 6) is 1.38. The number of aromatic nitrogens is 2. The Labute approximate surface area is 82.4 Å². The normalized spacial score (nSPS) is 9.71. The van der Waals surface area contributed by atoms with Crippen LogP contribution in [0, 0.1) is 6.07 Å². The number of ether oxygens (including phenoxy) is 1. The standard InChI is InChI=1S/C11H9N2O/c1-2-5-10(6-3-1)14-9-11-12-7-4-8-13-11/h1-5,7-8H,9H2. The summed E-state index contributed by atoms with van der Waals surface area (Å²) in [7, 11) is 0. The van der Waals surface area contributed by atoms with Crippen molar-refractivity contribution in [3.8, 4) is 5.75 Å². The molecule has 14 heavy (non-hydrogen) atoms. The highest BCUT2D eigenvalue weighted by atomic mass is 16.5. The second-order valence-electron chi connectivity index (χ2n) is 2.68. The molecule has 0 bridgehead atoms. The van der Waals surface area contributed by atoms with Crippen molar-refractivity contribution in [2.45, 2.75) is 6.61 Å². The van der Waals surface area contributed by atoms with Gasteiger partial charge in [0.25, 0.3) is 0 Å². The molecule has 0 saturated carbocycles. The molecule has 3 heteroatoms. The Hall–Kier alpha value is -1.90. The zero-order chi connectivity index (χ0) is 9.64. The Morgan fingerprint density at radius 3 is 2.71 bits per heavy atom. The van der Waals surface area contributed by atoms with Gasteiger partial charge in [0.1, 0.15) is 12.4 Å². The van der Waals surface area contributed by atoms with Crippen molar-refractivity contribution in [1.29, 1.82) is 0 Å². The summed E-state index contributed by atoms with van der Waals surface area (Å²) in [6.07, 6.45) is 3.39. The van der Waals surface area contributed by atoms with Crippen molar-refractivity contribution in [2.24, 2.45) is 0 Å². The first-order valence-corrected chi connectivity index (χ1v) is 4.30. The van der Waals surface area contributed by atoms with Crippen LogP contribution in [0.3, 0.4) is 0 Å². The van der Waals surface area contributed by atoms with Crippen LogP contribution in [0.25, 0.3) is 0 Å². The Morgan fingerprint density at radius 1 is 1.14 bits per heavy atom. The average Bonchev–Trinajstić information content (AvgIpc) is 2.29. The highest BCUT2D eigenvalue weighted by Crippen LogP contribution is 2.08. The highest BCUT2D eigenvalue weighted by molar-refractivity contribution is 5.19. The molecule has 1 aromatic heterocycles. The molecule has 0 spiro atoms. The SMILES string of the molecule is [c]1ccccc1OCc1ncccn1. The van der Waals surface area contributed by atoms with Gasteiger partial charge in [-0.15, -0.1) is 0 Å². The van der Waals surface area contributed by atoms with E-state index in [0.717, 1.165) is 0 Å². The molecular formula is C11H9N2O.